The van der Waals surface area contributed by atoms with E-state index in [1.165, 1.54) is 0 Å². The SMILES string of the molecule is CC(C)(C)OC(=O)N1CC(c2ccc(C#N)cn2)C1. The van der Waals surface area contributed by atoms with E-state index >= 15 is 0 Å². The van der Waals surface area contributed by atoms with Crippen molar-refractivity contribution in [3.63, 3.8) is 0 Å². The Balaban J connectivity index is 1.89. The molecule has 0 N–H and O–H groups in total. The molecule has 100 valence electrons. The van der Waals surface area contributed by atoms with Gasteiger partial charge in [-0.1, -0.05) is 0 Å². The zero-order valence-electron chi connectivity index (χ0n) is 11.4. The molecule has 2 heterocycles. The molecule has 1 aliphatic rings. The molecule has 0 bridgehead atoms. The van der Waals surface area contributed by atoms with Gasteiger partial charge in [-0.3, -0.25) is 4.98 Å². The largest absolute Gasteiger partial charge is 0.444 e. The minimum absolute atomic E-state index is 0.236. The van der Waals surface area contributed by atoms with E-state index in [4.69, 9.17) is 10.00 Å². The van der Waals surface area contributed by atoms with Crippen LogP contribution < -0.4 is 0 Å². The Kier molecular flexibility index (Phi) is 3.43. The normalized spacial score (nSPS) is 15.6. The van der Waals surface area contributed by atoms with Crippen LogP contribution in [0.25, 0.3) is 0 Å². The highest BCUT2D eigenvalue weighted by molar-refractivity contribution is 5.69. The predicted octanol–water partition coefficient (Wildman–Crippen LogP) is 2.29. The minimum atomic E-state index is -0.463. The fourth-order valence-corrected chi connectivity index (χ4v) is 1.85. The van der Waals surface area contributed by atoms with E-state index in [1.807, 2.05) is 32.9 Å². The Morgan fingerprint density at radius 3 is 2.63 bits per heavy atom. The molecule has 1 amide bonds. The quantitative estimate of drug-likeness (QED) is 0.776. The Hall–Kier alpha value is -2.09. The number of likely N-dealkylation sites (tertiary alicyclic amines) is 1. The number of nitriles is 1. The molecule has 0 unspecified atom stereocenters. The summed E-state index contributed by atoms with van der Waals surface area (Å²) in [5.74, 6) is 0.236. The summed E-state index contributed by atoms with van der Waals surface area (Å²) in [6.45, 7) is 6.79. The monoisotopic (exact) mass is 259 g/mol. The van der Waals surface area contributed by atoms with Crippen LogP contribution in [0, 0.1) is 11.3 Å². The van der Waals surface area contributed by atoms with Crippen molar-refractivity contribution >= 4 is 6.09 Å². The summed E-state index contributed by atoms with van der Waals surface area (Å²) in [6, 6.07) is 5.63. The molecule has 1 aromatic rings. The minimum Gasteiger partial charge on any atom is -0.444 e. The van der Waals surface area contributed by atoms with E-state index < -0.39 is 5.60 Å². The summed E-state index contributed by atoms with van der Waals surface area (Å²) < 4.78 is 5.29. The van der Waals surface area contributed by atoms with Crippen LogP contribution >= 0.6 is 0 Å². The lowest BCUT2D eigenvalue weighted by Crippen LogP contribution is -2.50. The van der Waals surface area contributed by atoms with Gasteiger partial charge in [0, 0.05) is 30.9 Å². The van der Waals surface area contributed by atoms with Crippen molar-refractivity contribution in [2.24, 2.45) is 0 Å². The van der Waals surface area contributed by atoms with Gasteiger partial charge >= 0.3 is 6.09 Å². The zero-order chi connectivity index (χ0) is 14.0. The molecule has 5 nitrogen and oxygen atoms in total. The standard InChI is InChI=1S/C14H17N3O2/c1-14(2,3)19-13(18)17-8-11(9-17)12-5-4-10(6-15)7-16-12/h4-5,7,11H,8-9H2,1-3H3. The molecule has 1 fully saturated rings. The van der Waals surface area contributed by atoms with E-state index in [2.05, 4.69) is 4.98 Å². The fraction of sp³-hybridized carbons (Fsp3) is 0.500. The highest BCUT2D eigenvalue weighted by atomic mass is 16.6. The number of amides is 1. The summed E-state index contributed by atoms with van der Waals surface area (Å²) in [7, 11) is 0. The molecule has 2 rings (SSSR count). The van der Waals surface area contributed by atoms with Crippen LogP contribution in [0.4, 0.5) is 4.79 Å². The van der Waals surface area contributed by atoms with Crippen LogP contribution in [-0.2, 0) is 4.74 Å². The maximum Gasteiger partial charge on any atom is 0.410 e. The smallest absolute Gasteiger partial charge is 0.410 e. The number of hydrogen-bond acceptors (Lipinski definition) is 4. The molecular formula is C14H17N3O2. The molecule has 0 aliphatic carbocycles. The molecule has 0 radical (unpaired) electrons. The first kappa shape index (κ1) is 13.3. The van der Waals surface area contributed by atoms with Crippen LogP contribution in [-0.4, -0.2) is 34.7 Å². The lowest BCUT2D eigenvalue weighted by Gasteiger charge is -2.39. The van der Waals surface area contributed by atoms with Gasteiger partial charge in [0.15, 0.2) is 0 Å². The fourth-order valence-electron chi connectivity index (χ4n) is 1.85. The highest BCUT2D eigenvalue weighted by Crippen LogP contribution is 2.27. The molecule has 0 saturated carbocycles. The predicted molar refractivity (Wildman–Crippen MR) is 69.5 cm³/mol. The van der Waals surface area contributed by atoms with Gasteiger partial charge in [-0.25, -0.2) is 4.79 Å². The second-order valence-corrected chi connectivity index (χ2v) is 5.67. The van der Waals surface area contributed by atoms with Crippen molar-refractivity contribution in [3.8, 4) is 6.07 Å². The van der Waals surface area contributed by atoms with E-state index in [9.17, 15) is 4.79 Å². The lowest BCUT2D eigenvalue weighted by molar-refractivity contribution is 0.00788. The van der Waals surface area contributed by atoms with E-state index in [0.29, 0.717) is 18.7 Å². The molecule has 19 heavy (non-hydrogen) atoms. The summed E-state index contributed by atoms with van der Waals surface area (Å²) in [5, 5.41) is 8.70. The van der Waals surface area contributed by atoms with Crippen LogP contribution in [0.3, 0.4) is 0 Å². The van der Waals surface area contributed by atoms with Crippen molar-refractivity contribution in [1.29, 1.82) is 5.26 Å². The third-order valence-electron chi connectivity index (χ3n) is 2.87. The maximum atomic E-state index is 11.8. The van der Waals surface area contributed by atoms with E-state index in [-0.39, 0.29) is 12.0 Å². The molecular weight excluding hydrogens is 242 g/mol. The second-order valence-electron chi connectivity index (χ2n) is 5.67. The third-order valence-corrected chi connectivity index (χ3v) is 2.87. The topological polar surface area (TPSA) is 66.2 Å². The van der Waals surface area contributed by atoms with Gasteiger partial charge in [0.25, 0.3) is 0 Å². The number of ether oxygens (including phenoxy) is 1. The average molecular weight is 259 g/mol. The van der Waals surface area contributed by atoms with Gasteiger partial charge in [0.2, 0.25) is 0 Å². The Bertz CT molecular complexity index is 505. The van der Waals surface area contributed by atoms with Crippen LogP contribution in [0.15, 0.2) is 18.3 Å². The number of carbonyl (C=O) groups is 1. The van der Waals surface area contributed by atoms with E-state index in [1.54, 1.807) is 17.2 Å². The van der Waals surface area contributed by atoms with Gasteiger partial charge < -0.3 is 9.64 Å². The first-order valence-electron chi connectivity index (χ1n) is 6.23. The first-order chi connectivity index (χ1) is 8.89. The zero-order valence-corrected chi connectivity index (χ0v) is 11.4. The van der Waals surface area contributed by atoms with Crippen molar-refractivity contribution in [2.75, 3.05) is 13.1 Å². The average Bonchev–Trinajstić information content (AvgIpc) is 2.25. The Labute approximate surface area is 112 Å². The molecule has 5 heteroatoms. The van der Waals surface area contributed by atoms with Gasteiger partial charge in [-0.15, -0.1) is 0 Å². The van der Waals surface area contributed by atoms with Crippen LogP contribution in [0.5, 0.6) is 0 Å². The van der Waals surface area contributed by atoms with Crippen molar-refractivity contribution in [3.05, 3.63) is 29.6 Å². The van der Waals surface area contributed by atoms with Gasteiger partial charge in [0.1, 0.15) is 11.7 Å². The number of nitrogens with zero attached hydrogens (tertiary/aromatic N) is 3. The summed E-state index contributed by atoms with van der Waals surface area (Å²) >= 11 is 0. The van der Waals surface area contributed by atoms with Gasteiger partial charge in [0.05, 0.1) is 5.56 Å². The Morgan fingerprint density at radius 2 is 2.16 bits per heavy atom. The Morgan fingerprint density at radius 1 is 1.47 bits per heavy atom. The van der Waals surface area contributed by atoms with Crippen LogP contribution in [0.1, 0.15) is 37.9 Å². The number of hydrogen-bond donors (Lipinski definition) is 0. The molecule has 1 aromatic heterocycles. The molecule has 1 aliphatic heterocycles. The molecule has 0 spiro atoms. The summed E-state index contributed by atoms with van der Waals surface area (Å²) in [4.78, 5) is 17.7. The summed E-state index contributed by atoms with van der Waals surface area (Å²) in [6.07, 6.45) is 1.28. The second kappa shape index (κ2) is 4.88. The third kappa shape index (κ3) is 3.22. The van der Waals surface area contributed by atoms with E-state index in [0.717, 1.165) is 5.69 Å². The number of carbonyl (C=O) groups excluding carboxylic acids is 1. The van der Waals surface area contributed by atoms with Crippen molar-refractivity contribution < 1.29 is 9.53 Å². The molecule has 0 atom stereocenters. The first-order valence-corrected chi connectivity index (χ1v) is 6.23. The molecule has 1 saturated heterocycles. The van der Waals surface area contributed by atoms with Crippen molar-refractivity contribution in [2.45, 2.75) is 32.3 Å². The lowest BCUT2D eigenvalue weighted by atomic mass is 9.96. The summed E-state index contributed by atoms with van der Waals surface area (Å²) in [5.41, 5.74) is 1.00. The van der Waals surface area contributed by atoms with Crippen molar-refractivity contribution in [1.82, 2.24) is 9.88 Å². The maximum absolute atomic E-state index is 11.8. The molecule has 0 aromatic carbocycles. The van der Waals surface area contributed by atoms with Crippen LogP contribution in [0.2, 0.25) is 0 Å². The number of pyridine rings is 1. The van der Waals surface area contributed by atoms with Gasteiger partial charge in [-0.05, 0) is 32.9 Å². The number of aromatic nitrogens is 1. The van der Waals surface area contributed by atoms with Gasteiger partial charge in [-0.2, -0.15) is 5.26 Å². The highest BCUT2D eigenvalue weighted by Gasteiger charge is 2.35. The number of rotatable bonds is 1.